The van der Waals surface area contributed by atoms with Gasteiger partial charge in [0, 0.05) is 11.6 Å². The molecule has 1 aromatic carbocycles. The van der Waals surface area contributed by atoms with Gasteiger partial charge in [-0.25, -0.2) is 8.42 Å². The van der Waals surface area contributed by atoms with Crippen molar-refractivity contribution in [2.75, 3.05) is 0 Å². The number of nitro benzene ring substituents is 1. The minimum atomic E-state index is -4.32. The van der Waals surface area contributed by atoms with Crippen LogP contribution in [0.1, 0.15) is 43.2 Å². The Morgan fingerprint density at radius 3 is 2.46 bits per heavy atom. The summed E-state index contributed by atoms with van der Waals surface area (Å²) in [5, 5.41) is 21.2. The van der Waals surface area contributed by atoms with Crippen LogP contribution in [0.5, 0.6) is 0 Å². The third kappa shape index (κ3) is 2.88. The Hall–Kier alpha value is -2.00. The number of aliphatic carboxylic acids is 1. The van der Waals surface area contributed by atoms with E-state index in [-0.39, 0.29) is 28.4 Å². The highest BCUT2D eigenvalue weighted by atomic mass is 32.2. The van der Waals surface area contributed by atoms with Crippen molar-refractivity contribution in [3.63, 3.8) is 0 Å². The molecule has 1 aromatic rings. The van der Waals surface area contributed by atoms with Crippen LogP contribution in [0.2, 0.25) is 0 Å². The van der Waals surface area contributed by atoms with Crippen LogP contribution < -0.4 is 0 Å². The topological polar surface area (TPSA) is 118 Å². The summed E-state index contributed by atoms with van der Waals surface area (Å²) >= 11 is 0. The first-order chi connectivity index (χ1) is 12.2. The van der Waals surface area contributed by atoms with Gasteiger partial charge in [-0.2, -0.15) is 4.31 Å². The zero-order chi connectivity index (χ0) is 19.2. The molecule has 0 spiro atoms. The maximum absolute atomic E-state index is 13.5. The smallest absolute Gasteiger partial charge is 0.322 e. The summed E-state index contributed by atoms with van der Waals surface area (Å²) in [5.41, 5.74) is 0.0320. The van der Waals surface area contributed by atoms with E-state index in [9.17, 15) is 28.4 Å². The number of fused-ring (bicyclic) bond motifs is 1. The molecule has 1 saturated heterocycles. The van der Waals surface area contributed by atoms with Gasteiger partial charge in [-0.3, -0.25) is 14.9 Å². The first-order valence-electron chi connectivity index (χ1n) is 8.67. The molecule has 26 heavy (non-hydrogen) atoms. The van der Waals surface area contributed by atoms with Crippen LogP contribution in [0, 0.1) is 29.9 Å². The van der Waals surface area contributed by atoms with Gasteiger partial charge in [0.05, 0.1) is 4.92 Å². The van der Waals surface area contributed by atoms with Gasteiger partial charge in [-0.05, 0) is 44.6 Å². The van der Waals surface area contributed by atoms with Crippen molar-refractivity contribution < 1.29 is 23.2 Å². The normalized spacial score (nSPS) is 26.5. The van der Waals surface area contributed by atoms with E-state index in [2.05, 4.69) is 0 Å². The molecule has 0 aromatic heterocycles. The molecule has 0 bridgehead atoms. The lowest BCUT2D eigenvalue weighted by Crippen LogP contribution is -2.46. The van der Waals surface area contributed by atoms with Gasteiger partial charge in [-0.1, -0.05) is 25.0 Å². The van der Waals surface area contributed by atoms with Crippen molar-refractivity contribution in [2.45, 2.75) is 62.9 Å². The predicted molar refractivity (Wildman–Crippen MR) is 93.4 cm³/mol. The van der Waals surface area contributed by atoms with E-state index in [1.807, 2.05) is 0 Å². The van der Waals surface area contributed by atoms with Crippen LogP contribution in [0.4, 0.5) is 5.69 Å². The first kappa shape index (κ1) is 18.8. The van der Waals surface area contributed by atoms with Crippen molar-refractivity contribution in [3.05, 3.63) is 33.4 Å². The number of nitro groups is 1. The number of sulfonamides is 1. The molecule has 2 fully saturated rings. The van der Waals surface area contributed by atoms with E-state index in [0.717, 1.165) is 23.6 Å². The van der Waals surface area contributed by atoms with Crippen LogP contribution in [0.3, 0.4) is 0 Å². The zero-order valence-electron chi connectivity index (χ0n) is 14.7. The Morgan fingerprint density at radius 2 is 1.85 bits per heavy atom. The van der Waals surface area contributed by atoms with Crippen LogP contribution in [-0.2, 0) is 14.8 Å². The third-order valence-electron chi connectivity index (χ3n) is 5.56. The average Bonchev–Trinajstić information content (AvgIpc) is 2.96. The van der Waals surface area contributed by atoms with E-state index in [0.29, 0.717) is 6.42 Å². The lowest BCUT2D eigenvalue weighted by atomic mass is 9.85. The first-order valence-corrected chi connectivity index (χ1v) is 10.1. The van der Waals surface area contributed by atoms with Gasteiger partial charge in [0.2, 0.25) is 0 Å². The second-order valence-corrected chi connectivity index (χ2v) is 8.95. The molecule has 1 aliphatic carbocycles. The molecule has 0 radical (unpaired) electrons. The number of carbonyl (C=O) groups is 1. The second-order valence-electron chi connectivity index (χ2n) is 7.17. The number of carboxylic acids is 1. The minimum absolute atomic E-state index is 0.0104. The Bertz CT molecular complexity index is 866. The summed E-state index contributed by atoms with van der Waals surface area (Å²) in [6.07, 6.45) is 3.42. The van der Waals surface area contributed by atoms with E-state index in [1.165, 1.54) is 26.0 Å². The van der Waals surface area contributed by atoms with Crippen LogP contribution >= 0.6 is 0 Å². The molecule has 1 aliphatic heterocycles. The van der Waals surface area contributed by atoms with Gasteiger partial charge in [0.25, 0.3) is 15.7 Å². The average molecular weight is 382 g/mol. The van der Waals surface area contributed by atoms with Crippen molar-refractivity contribution in [3.8, 4) is 0 Å². The predicted octanol–water partition coefficient (Wildman–Crippen LogP) is 2.62. The molecule has 1 N–H and O–H groups in total. The molecule has 8 nitrogen and oxygen atoms in total. The Labute approximate surface area is 152 Å². The monoisotopic (exact) mass is 382 g/mol. The lowest BCUT2D eigenvalue weighted by Gasteiger charge is -2.32. The number of carboxylic acid groups (broad SMARTS) is 1. The number of rotatable bonds is 4. The molecule has 142 valence electrons. The number of benzene rings is 1. The highest BCUT2D eigenvalue weighted by Crippen LogP contribution is 2.44. The Balaban J connectivity index is 2.20. The highest BCUT2D eigenvalue weighted by Gasteiger charge is 2.52. The van der Waals surface area contributed by atoms with Gasteiger partial charge >= 0.3 is 5.97 Å². The molecule has 1 saturated carbocycles. The van der Waals surface area contributed by atoms with E-state index in [1.54, 1.807) is 0 Å². The highest BCUT2D eigenvalue weighted by molar-refractivity contribution is 7.89. The van der Waals surface area contributed by atoms with E-state index >= 15 is 0 Å². The lowest BCUT2D eigenvalue weighted by molar-refractivity contribution is -0.388. The van der Waals surface area contributed by atoms with Crippen LogP contribution in [-0.4, -0.2) is 40.8 Å². The maximum Gasteiger partial charge on any atom is 0.322 e. The summed E-state index contributed by atoms with van der Waals surface area (Å²) in [6.45, 7) is 2.99. The largest absolute Gasteiger partial charge is 0.480 e. The van der Waals surface area contributed by atoms with Crippen LogP contribution in [0.15, 0.2) is 17.0 Å². The molecule has 3 rings (SSSR count). The number of hydrogen-bond acceptors (Lipinski definition) is 5. The van der Waals surface area contributed by atoms with Crippen molar-refractivity contribution >= 4 is 21.7 Å². The van der Waals surface area contributed by atoms with E-state index in [4.69, 9.17) is 0 Å². The zero-order valence-corrected chi connectivity index (χ0v) is 15.5. The summed E-state index contributed by atoms with van der Waals surface area (Å²) in [7, 11) is -4.32. The number of nitrogens with zero attached hydrogens (tertiary/aromatic N) is 2. The summed E-state index contributed by atoms with van der Waals surface area (Å²) in [4.78, 5) is 22.3. The van der Waals surface area contributed by atoms with Gasteiger partial charge in [-0.15, -0.1) is 0 Å². The maximum atomic E-state index is 13.5. The number of aryl methyl sites for hydroxylation is 2. The van der Waals surface area contributed by atoms with Crippen molar-refractivity contribution in [2.24, 2.45) is 5.92 Å². The number of hydrogen-bond donors (Lipinski definition) is 1. The van der Waals surface area contributed by atoms with Gasteiger partial charge in [0.1, 0.15) is 6.04 Å². The molecule has 1 heterocycles. The SMILES string of the molecule is Cc1ccc(C)c(S(=O)(=O)N2C(C(=O)O)CC3CCCCC32)c1[N+](=O)[O-]. The quantitative estimate of drug-likeness (QED) is 0.632. The Kier molecular flexibility index (Phi) is 4.78. The van der Waals surface area contributed by atoms with Gasteiger partial charge in [0.15, 0.2) is 4.90 Å². The Morgan fingerprint density at radius 1 is 1.23 bits per heavy atom. The van der Waals surface area contributed by atoms with Crippen molar-refractivity contribution in [1.29, 1.82) is 0 Å². The van der Waals surface area contributed by atoms with Crippen molar-refractivity contribution in [1.82, 2.24) is 4.31 Å². The molecule has 3 unspecified atom stereocenters. The standard InChI is InChI=1S/C17H22N2O6S/c1-10-7-8-11(2)16(15(10)19(22)23)26(24,25)18-13-6-4-3-5-12(13)9-14(18)17(20)21/h7-8,12-14H,3-6,9H2,1-2H3,(H,20,21). The fourth-order valence-electron chi connectivity index (χ4n) is 4.40. The summed E-state index contributed by atoms with van der Waals surface area (Å²) in [5.74, 6) is -1.21. The second kappa shape index (κ2) is 6.62. The van der Waals surface area contributed by atoms with Gasteiger partial charge < -0.3 is 5.11 Å². The fraction of sp³-hybridized carbons (Fsp3) is 0.588. The molecular weight excluding hydrogens is 360 g/mol. The van der Waals surface area contributed by atoms with E-state index < -0.39 is 38.7 Å². The van der Waals surface area contributed by atoms with Crippen LogP contribution in [0.25, 0.3) is 0 Å². The molecule has 9 heteroatoms. The molecule has 3 atom stereocenters. The molecular formula is C17H22N2O6S. The third-order valence-corrected chi connectivity index (χ3v) is 7.67. The summed E-state index contributed by atoms with van der Waals surface area (Å²) in [6, 6.07) is 1.45. The summed E-state index contributed by atoms with van der Waals surface area (Å²) < 4.78 is 28.0. The fourth-order valence-corrected chi connectivity index (χ4v) is 6.71. The molecule has 0 amide bonds. The molecule has 2 aliphatic rings. The minimum Gasteiger partial charge on any atom is -0.480 e.